The minimum absolute atomic E-state index is 0.236. The minimum Gasteiger partial charge on any atom is -0.508 e. The molecule has 0 aliphatic carbocycles. The Balaban J connectivity index is 1.64. The normalized spacial score (nSPS) is 11.4. The van der Waals surface area contributed by atoms with Gasteiger partial charge in [0.1, 0.15) is 11.5 Å². The highest BCUT2D eigenvalue weighted by Gasteiger charge is 2.31. The van der Waals surface area contributed by atoms with Crippen LogP contribution in [-0.4, -0.2) is 10.2 Å². The van der Waals surface area contributed by atoms with Crippen molar-refractivity contribution in [2.75, 3.05) is 4.90 Å². The fourth-order valence-electron chi connectivity index (χ4n) is 5.21. The summed E-state index contributed by atoms with van der Waals surface area (Å²) in [5.41, 5.74) is 11.1. The van der Waals surface area contributed by atoms with E-state index in [9.17, 15) is 10.2 Å². The second kappa shape index (κ2) is 10.3. The second-order valence-electron chi connectivity index (χ2n) is 10.6. The van der Waals surface area contributed by atoms with Gasteiger partial charge >= 0.3 is 0 Å². The number of anilines is 3. The quantitative estimate of drug-likeness (QED) is 0.222. The summed E-state index contributed by atoms with van der Waals surface area (Å²) in [5.74, 6) is 0.471. The molecule has 3 nitrogen and oxygen atoms in total. The summed E-state index contributed by atoms with van der Waals surface area (Å²) in [6.45, 7) is 10.8. The standard InChI is InChI=1S/C36H35NO2/c1-24-6-14-32(22-26(24)3)37(33-15-7-25(2)27(4)23-33)31-16-8-28(9-17-31)36(5,29-10-18-34(38)19-11-29)30-12-20-35(39)21-13-30/h6-23,38-39H,1-5H3. The van der Waals surface area contributed by atoms with Crippen molar-refractivity contribution in [3.8, 4) is 11.5 Å². The Hall–Kier alpha value is -4.50. The van der Waals surface area contributed by atoms with Crippen LogP contribution in [-0.2, 0) is 5.41 Å². The molecule has 0 aromatic heterocycles. The third-order valence-corrected chi connectivity index (χ3v) is 8.09. The summed E-state index contributed by atoms with van der Waals surface area (Å²) < 4.78 is 0. The molecule has 2 N–H and O–H groups in total. The van der Waals surface area contributed by atoms with Gasteiger partial charge in [-0.05, 0) is 134 Å². The van der Waals surface area contributed by atoms with Gasteiger partial charge in [-0.25, -0.2) is 0 Å². The van der Waals surface area contributed by atoms with Gasteiger partial charge in [-0.3, -0.25) is 0 Å². The third-order valence-electron chi connectivity index (χ3n) is 8.09. The van der Waals surface area contributed by atoms with E-state index in [1.54, 1.807) is 24.3 Å². The first-order chi connectivity index (χ1) is 18.7. The molecule has 0 spiro atoms. The van der Waals surface area contributed by atoms with Crippen molar-refractivity contribution in [3.05, 3.63) is 148 Å². The number of phenols is 2. The van der Waals surface area contributed by atoms with Crippen LogP contribution in [0.1, 0.15) is 45.9 Å². The van der Waals surface area contributed by atoms with Gasteiger partial charge in [0.2, 0.25) is 0 Å². The van der Waals surface area contributed by atoms with E-state index in [1.807, 2.05) is 24.3 Å². The van der Waals surface area contributed by atoms with Gasteiger partial charge in [0, 0.05) is 22.5 Å². The fourth-order valence-corrected chi connectivity index (χ4v) is 5.21. The van der Waals surface area contributed by atoms with Crippen LogP contribution in [0.3, 0.4) is 0 Å². The summed E-state index contributed by atoms with van der Waals surface area (Å²) in [6.07, 6.45) is 0. The SMILES string of the molecule is Cc1ccc(N(c2ccc(C(C)(c3ccc(O)cc3)c3ccc(O)cc3)cc2)c2ccc(C)c(C)c2)cc1C. The Kier molecular flexibility index (Phi) is 6.93. The van der Waals surface area contributed by atoms with Crippen molar-refractivity contribution < 1.29 is 10.2 Å². The first-order valence-corrected chi connectivity index (χ1v) is 13.3. The number of aromatic hydroxyl groups is 2. The summed E-state index contributed by atoms with van der Waals surface area (Å²) in [6, 6.07) is 36.7. The van der Waals surface area contributed by atoms with E-state index in [-0.39, 0.29) is 11.5 Å². The molecule has 39 heavy (non-hydrogen) atoms. The summed E-state index contributed by atoms with van der Waals surface area (Å²) >= 11 is 0. The molecule has 0 saturated carbocycles. The van der Waals surface area contributed by atoms with Crippen LogP contribution in [0, 0.1) is 27.7 Å². The van der Waals surface area contributed by atoms with E-state index >= 15 is 0 Å². The average Bonchev–Trinajstić information content (AvgIpc) is 2.93. The summed E-state index contributed by atoms with van der Waals surface area (Å²) in [5, 5.41) is 19.9. The van der Waals surface area contributed by atoms with E-state index in [4.69, 9.17) is 0 Å². The number of rotatable bonds is 6. The molecule has 0 aliphatic rings. The Labute approximate surface area is 231 Å². The van der Waals surface area contributed by atoms with E-state index in [0.717, 1.165) is 33.8 Å². The number of hydrogen-bond donors (Lipinski definition) is 2. The predicted octanol–water partition coefficient (Wildman–Crippen LogP) is 9.16. The van der Waals surface area contributed by atoms with Crippen LogP contribution in [0.4, 0.5) is 17.1 Å². The highest BCUT2D eigenvalue weighted by molar-refractivity contribution is 5.78. The molecule has 5 rings (SSSR count). The van der Waals surface area contributed by atoms with Crippen LogP contribution in [0.25, 0.3) is 0 Å². The Morgan fingerprint density at radius 3 is 1.13 bits per heavy atom. The maximum Gasteiger partial charge on any atom is 0.115 e. The van der Waals surface area contributed by atoms with E-state index < -0.39 is 5.41 Å². The lowest BCUT2D eigenvalue weighted by Crippen LogP contribution is -2.25. The zero-order valence-corrected chi connectivity index (χ0v) is 23.2. The molecule has 0 unspecified atom stereocenters. The monoisotopic (exact) mass is 513 g/mol. The number of phenolic OH excluding ortho intramolecular Hbond substituents is 2. The molecule has 0 amide bonds. The maximum atomic E-state index is 9.95. The Morgan fingerprint density at radius 1 is 0.436 bits per heavy atom. The molecule has 5 aromatic rings. The number of nitrogens with zero attached hydrogens (tertiary/aromatic N) is 1. The molecule has 0 saturated heterocycles. The van der Waals surface area contributed by atoms with Crippen molar-refractivity contribution >= 4 is 17.1 Å². The molecule has 196 valence electrons. The summed E-state index contributed by atoms with van der Waals surface area (Å²) in [7, 11) is 0. The van der Waals surface area contributed by atoms with Crippen LogP contribution in [0.5, 0.6) is 11.5 Å². The largest absolute Gasteiger partial charge is 0.508 e. The van der Waals surface area contributed by atoms with E-state index in [0.29, 0.717) is 0 Å². The van der Waals surface area contributed by atoms with Gasteiger partial charge in [-0.15, -0.1) is 0 Å². The molecular weight excluding hydrogens is 478 g/mol. The Morgan fingerprint density at radius 2 is 0.769 bits per heavy atom. The highest BCUT2D eigenvalue weighted by atomic mass is 16.3. The van der Waals surface area contributed by atoms with Gasteiger partial charge in [0.15, 0.2) is 0 Å². The Bertz CT molecular complexity index is 1500. The van der Waals surface area contributed by atoms with Gasteiger partial charge in [0.25, 0.3) is 0 Å². The van der Waals surface area contributed by atoms with Crippen LogP contribution in [0.15, 0.2) is 109 Å². The zero-order chi connectivity index (χ0) is 27.7. The molecule has 0 heterocycles. The summed E-state index contributed by atoms with van der Waals surface area (Å²) in [4.78, 5) is 2.31. The van der Waals surface area contributed by atoms with Gasteiger partial charge in [0.05, 0.1) is 0 Å². The number of aryl methyl sites for hydroxylation is 4. The number of benzene rings is 5. The lowest BCUT2D eigenvalue weighted by molar-refractivity contribution is 0.474. The van der Waals surface area contributed by atoms with Crippen LogP contribution < -0.4 is 4.90 Å². The first kappa shape index (κ1) is 26.1. The van der Waals surface area contributed by atoms with Gasteiger partial charge in [-0.1, -0.05) is 48.5 Å². The van der Waals surface area contributed by atoms with Gasteiger partial charge in [-0.2, -0.15) is 0 Å². The lowest BCUT2D eigenvalue weighted by Gasteiger charge is -2.33. The second-order valence-corrected chi connectivity index (χ2v) is 10.6. The van der Waals surface area contributed by atoms with Crippen molar-refractivity contribution in [3.63, 3.8) is 0 Å². The molecule has 0 bridgehead atoms. The lowest BCUT2D eigenvalue weighted by atomic mass is 9.71. The highest BCUT2D eigenvalue weighted by Crippen LogP contribution is 2.42. The van der Waals surface area contributed by atoms with Crippen LogP contribution >= 0.6 is 0 Å². The molecule has 0 radical (unpaired) electrons. The minimum atomic E-state index is -0.494. The predicted molar refractivity (Wildman–Crippen MR) is 162 cm³/mol. The van der Waals surface area contributed by atoms with Crippen molar-refractivity contribution in [2.45, 2.75) is 40.0 Å². The fraction of sp³-hybridized carbons (Fsp3) is 0.167. The van der Waals surface area contributed by atoms with Crippen LogP contribution in [0.2, 0.25) is 0 Å². The van der Waals surface area contributed by atoms with E-state index in [2.05, 4.69) is 100 Å². The number of hydrogen-bond acceptors (Lipinski definition) is 3. The zero-order valence-electron chi connectivity index (χ0n) is 23.2. The van der Waals surface area contributed by atoms with Crippen molar-refractivity contribution in [2.24, 2.45) is 0 Å². The van der Waals surface area contributed by atoms with Crippen molar-refractivity contribution in [1.29, 1.82) is 0 Å². The molecular formula is C36H35NO2. The topological polar surface area (TPSA) is 43.7 Å². The van der Waals surface area contributed by atoms with E-state index in [1.165, 1.54) is 22.3 Å². The smallest absolute Gasteiger partial charge is 0.115 e. The molecule has 5 aromatic carbocycles. The average molecular weight is 514 g/mol. The van der Waals surface area contributed by atoms with Gasteiger partial charge < -0.3 is 15.1 Å². The molecule has 0 atom stereocenters. The first-order valence-electron chi connectivity index (χ1n) is 13.3. The molecule has 0 fully saturated rings. The van der Waals surface area contributed by atoms with Crippen molar-refractivity contribution in [1.82, 2.24) is 0 Å². The molecule has 0 aliphatic heterocycles. The third kappa shape index (κ3) is 5.00. The maximum absolute atomic E-state index is 9.95. The molecule has 3 heteroatoms.